The summed E-state index contributed by atoms with van der Waals surface area (Å²) < 4.78 is 13.4. The summed E-state index contributed by atoms with van der Waals surface area (Å²) in [6.07, 6.45) is 3.61. The molecule has 0 unspecified atom stereocenters. The SMILES string of the molecule is Cc1oc2cc(Oc3ccnn4cc(C(=O)N5CC(O)C5)c(C)c34)ccc2c1C=O. The Morgan fingerprint density at radius 3 is 2.83 bits per heavy atom. The second kappa shape index (κ2) is 6.70. The number of β-amino-alcohol motifs (C(OH)–C–C–N with tert-alkyl or cyclic N) is 1. The predicted octanol–water partition coefficient (Wildman–Crippen LogP) is 3.12. The lowest BCUT2D eigenvalue weighted by Crippen LogP contribution is -2.53. The highest BCUT2D eigenvalue weighted by Crippen LogP contribution is 2.34. The van der Waals surface area contributed by atoms with Gasteiger partial charge in [-0.2, -0.15) is 5.10 Å². The van der Waals surface area contributed by atoms with Crippen molar-refractivity contribution in [3.05, 3.63) is 59.1 Å². The number of fused-ring (bicyclic) bond motifs is 2. The van der Waals surface area contributed by atoms with Crippen LogP contribution < -0.4 is 4.74 Å². The fourth-order valence-electron chi connectivity index (χ4n) is 3.87. The molecule has 0 radical (unpaired) electrons. The summed E-state index contributed by atoms with van der Waals surface area (Å²) in [5.41, 5.74) is 3.06. The largest absolute Gasteiger partial charge is 0.460 e. The number of nitrogens with zero attached hydrogens (tertiary/aromatic N) is 3. The molecule has 1 fully saturated rings. The number of ether oxygens (including phenoxy) is 1. The summed E-state index contributed by atoms with van der Waals surface area (Å²) in [7, 11) is 0. The molecule has 30 heavy (non-hydrogen) atoms. The Morgan fingerprint density at radius 1 is 1.30 bits per heavy atom. The summed E-state index contributed by atoms with van der Waals surface area (Å²) >= 11 is 0. The van der Waals surface area contributed by atoms with Gasteiger partial charge in [-0.3, -0.25) is 9.59 Å². The summed E-state index contributed by atoms with van der Waals surface area (Å²) in [6, 6.07) is 7.03. The Bertz CT molecular complexity index is 1310. The molecule has 0 saturated carbocycles. The van der Waals surface area contributed by atoms with Crippen LogP contribution >= 0.6 is 0 Å². The lowest BCUT2D eigenvalue weighted by atomic mass is 10.1. The molecule has 4 aromatic rings. The van der Waals surface area contributed by atoms with Crippen LogP contribution in [0.15, 0.2) is 41.1 Å². The molecule has 1 aromatic carbocycles. The van der Waals surface area contributed by atoms with Gasteiger partial charge in [-0.15, -0.1) is 0 Å². The number of benzene rings is 1. The second-order valence-corrected chi connectivity index (χ2v) is 7.47. The van der Waals surface area contributed by atoms with Gasteiger partial charge in [0.05, 0.1) is 23.4 Å². The fraction of sp³-hybridized carbons (Fsp3) is 0.227. The molecular formula is C22H19N3O5. The molecule has 152 valence electrons. The van der Waals surface area contributed by atoms with Crippen molar-refractivity contribution in [3.8, 4) is 11.5 Å². The van der Waals surface area contributed by atoms with Gasteiger partial charge >= 0.3 is 0 Å². The maximum Gasteiger partial charge on any atom is 0.255 e. The third-order valence-electron chi connectivity index (χ3n) is 5.50. The van der Waals surface area contributed by atoms with Gasteiger partial charge in [-0.1, -0.05) is 0 Å². The number of likely N-dealkylation sites (tertiary alicyclic amines) is 1. The maximum atomic E-state index is 12.7. The Kier molecular flexibility index (Phi) is 4.11. The van der Waals surface area contributed by atoms with Gasteiger partial charge in [0.2, 0.25) is 0 Å². The maximum absolute atomic E-state index is 12.7. The second-order valence-electron chi connectivity index (χ2n) is 7.47. The van der Waals surface area contributed by atoms with Crippen LogP contribution in [0.25, 0.3) is 16.5 Å². The Hall–Kier alpha value is -3.65. The zero-order valence-corrected chi connectivity index (χ0v) is 16.5. The molecule has 0 aliphatic carbocycles. The van der Waals surface area contributed by atoms with Crippen molar-refractivity contribution in [3.63, 3.8) is 0 Å². The smallest absolute Gasteiger partial charge is 0.255 e. The number of rotatable bonds is 4. The molecule has 1 saturated heterocycles. The van der Waals surface area contributed by atoms with E-state index in [9.17, 15) is 14.7 Å². The third kappa shape index (κ3) is 2.76. The minimum absolute atomic E-state index is 0.136. The number of aromatic nitrogens is 2. The average Bonchev–Trinajstić information content (AvgIpc) is 3.21. The highest BCUT2D eigenvalue weighted by atomic mass is 16.5. The zero-order chi connectivity index (χ0) is 21.0. The van der Waals surface area contributed by atoms with E-state index < -0.39 is 6.10 Å². The van der Waals surface area contributed by atoms with Crippen molar-refractivity contribution < 1.29 is 23.8 Å². The van der Waals surface area contributed by atoms with Crippen molar-refractivity contribution in [1.29, 1.82) is 0 Å². The van der Waals surface area contributed by atoms with Gasteiger partial charge in [0.15, 0.2) is 12.0 Å². The van der Waals surface area contributed by atoms with Gasteiger partial charge in [-0.25, -0.2) is 4.52 Å². The molecule has 8 nitrogen and oxygen atoms in total. The number of aryl methyl sites for hydroxylation is 2. The molecule has 1 aliphatic heterocycles. The van der Waals surface area contributed by atoms with Crippen LogP contribution in [0.5, 0.6) is 11.5 Å². The minimum Gasteiger partial charge on any atom is -0.460 e. The molecular weight excluding hydrogens is 386 g/mol. The van der Waals surface area contributed by atoms with Crippen molar-refractivity contribution in [2.24, 2.45) is 0 Å². The van der Waals surface area contributed by atoms with Gasteiger partial charge in [0, 0.05) is 36.8 Å². The normalized spacial score (nSPS) is 14.3. The van der Waals surface area contributed by atoms with Gasteiger partial charge in [0.1, 0.15) is 22.6 Å². The first-order valence-corrected chi connectivity index (χ1v) is 9.56. The number of carbonyl (C=O) groups is 2. The number of aldehydes is 1. The highest BCUT2D eigenvalue weighted by molar-refractivity contribution is 5.99. The molecule has 0 spiro atoms. The van der Waals surface area contributed by atoms with Crippen LogP contribution in [-0.4, -0.2) is 51.0 Å². The molecule has 4 heterocycles. The van der Waals surface area contributed by atoms with E-state index in [1.807, 2.05) is 6.92 Å². The van der Waals surface area contributed by atoms with Gasteiger partial charge < -0.3 is 19.2 Å². The molecule has 1 aliphatic rings. The van der Waals surface area contributed by atoms with Crippen molar-refractivity contribution in [2.45, 2.75) is 20.0 Å². The van der Waals surface area contributed by atoms with E-state index in [-0.39, 0.29) is 5.91 Å². The first-order chi connectivity index (χ1) is 14.5. The molecule has 1 N–H and O–H groups in total. The van der Waals surface area contributed by atoms with Crippen LogP contribution in [0.4, 0.5) is 0 Å². The Balaban J connectivity index is 1.52. The summed E-state index contributed by atoms with van der Waals surface area (Å²) in [5, 5.41) is 14.5. The first-order valence-electron chi connectivity index (χ1n) is 9.56. The van der Waals surface area contributed by atoms with E-state index in [1.54, 1.807) is 53.0 Å². The van der Waals surface area contributed by atoms with Crippen LogP contribution in [0.1, 0.15) is 32.0 Å². The summed E-state index contributed by atoms with van der Waals surface area (Å²) in [6.45, 7) is 4.28. The third-order valence-corrected chi connectivity index (χ3v) is 5.50. The van der Waals surface area contributed by atoms with E-state index in [0.29, 0.717) is 52.6 Å². The zero-order valence-electron chi connectivity index (χ0n) is 16.5. The van der Waals surface area contributed by atoms with Crippen LogP contribution in [0.3, 0.4) is 0 Å². The molecule has 0 bridgehead atoms. The minimum atomic E-state index is -0.455. The van der Waals surface area contributed by atoms with Crippen molar-refractivity contribution >= 4 is 28.7 Å². The van der Waals surface area contributed by atoms with Crippen molar-refractivity contribution in [2.75, 3.05) is 13.1 Å². The van der Waals surface area contributed by atoms with E-state index in [4.69, 9.17) is 9.15 Å². The van der Waals surface area contributed by atoms with E-state index >= 15 is 0 Å². The number of amides is 1. The van der Waals surface area contributed by atoms with E-state index in [1.165, 1.54) is 0 Å². The molecule has 3 aromatic heterocycles. The predicted molar refractivity (Wildman–Crippen MR) is 108 cm³/mol. The monoisotopic (exact) mass is 405 g/mol. The lowest BCUT2D eigenvalue weighted by Gasteiger charge is -2.35. The van der Waals surface area contributed by atoms with Crippen molar-refractivity contribution in [1.82, 2.24) is 14.5 Å². The summed E-state index contributed by atoms with van der Waals surface area (Å²) in [4.78, 5) is 25.6. The topological polar surface area (TPSA) is 97.3 Å². The number of hydrogen-bond donors (Lipinski definition) is 1. The fourth-order valence-corrected chi connectivity index (χ4v) is 3.87. The standard InChI is InChI=1S/C22H19N3O5/c1-12-17(22(28)24-8-14(27)9-24)10-25-21(12)19(5-6-23-25)30-15-3-4-16-18(11-26)13(2)29-20(16)7-15/h3-7,10-11,14,27H,8-9H2,1-2H3. The van der Waals surface area contributed by atoms with Gasteiger partial charge in [0.25, 0.3) is 5.91 Å². The Labute approximate surface area is 171 Å². The average molecular weight is 405 g/mol. The molecule has 5 rings (SSSR count). The molecule has 0 atom stereocenters. The van der Waals surface area contributed by atoms with E-state index in [0.717, 1.165) is 17.2 Å². The highest BCUT2D eigenvalue weighted by Gasteiger charge is 2.31. The van der Waals surface area contributed by atoms with E-state index in [2.05, 4.69) is 5.10 Å². The summed E-state index contributed by atoms with van der Waals surface area (Å²) in [5.74, 6) is 1.51. The van der Waals surface area contributed by atoms with Crippen LogP contribution in [0, 0.1) is 13.8 Å². The number of carbonyl (C=O) groups excluding carboxylic acids is 2. The first kappa shape index (κ1) is 18.4. The Morgan fingerprint density at radius 2 is 2.10 bits per heavy atom. The lowest BCUT2D eigenvalue weighted by molar-refractivity contribution is 0.00585. The molecule has 1 amide bonds. The van der Waals surface area contributed by atoms with Crippen LogP contribution in [0.2, 0.25) is 0 Å². The number of furan rings is 1. The molecule has 8 heteroatoms. The number of hydrogen-bond acceptors (Lipinski definition) is 6. The van der Waals surface area contributed by atoms with Crippen LogP contribution in [-0.2, 0) is 0 Å². The quantitative estimate of drug-likeness (QED) is 0.524. The number of aliphatic hydroxyl groups is 1. The number of aliphatic hydroxyl groups excluding tert-OH is 1. The van der Waals surface area contributed by atoms with Gasteiger partial charge in [-0.05, 0) is 31.5 Å².